The fourth-order valence-corrected chi connectivity index (χ4v) is 5.26. The number of benzene rings is 2. The van der Waals surface area contributed by atoms with E-state index < -0.39 is 60.2 Å². The number of carbonyl (C=O) groups is 5. The van der Waals surface area contributed by atoms with Crippen LogP contribution < -0.4 is 43.0 Å². The minimum Gasteiger partial charge on any atom is -0.386 e. The van der Waals surface area contributed by atoms with Crippen LogP contribution >= 0.6 is 0 Å². The van der Waals surface area contributed by atoms with Crippen molar-refractivity contribution in [3.63, 3.8) is 0 Å². The summed E-state index contributed by atoms with van der Waals surface area (Å²) in [4.78, 5) is 66.8. The zero-order valence-corrected chi connectivity index (χ0v) is 26.7. The van der Waals surface area contributed by atoms with E-state index in [4.69, 9.17) is 5.73 Å². The lowest BCUT2D eigenvalue weighted by Gasteiger charge is -2.26. The standard InChI is InChI=1S/C33H48N8O5/c1-4-25-31(44)41-28(19-22-14-15-23-10-5-6-11-24(23)18-22)33(46)40-27(12-7-8-16-35-3)32(45)39-26(13-9-17-36-21(2)34)30(43)37-20-29(42)38-25/h5-6,10-11,14-15,18,25-28,35-36H,2,4,7-9,12-13,16-17,19-20,34H2,1,3H3,(H,37,43)(H,38,42)(H,39,45)(H,40,46)(H,41,44)/t25-,26-,27-,28+/m0/s1. The van der Waals surface area contributed by atoms with Gasteiger partial charge in [0.1, 0.15) is 24.2 Å². The molecule has 2 aromatic rings. The molecule has 13 nitrogen and oxygen atoms in total. The van der Waals surface area contributed by atoms with Gasteiger partial charge in [0.05, 0.1) is 12.4 Å². The zero-order valence-electron chi connectivity index (χ0n) is 26.7. The Balaban J connectivity index is 1.92. The van der Waals surface area contributed by atoms with Gasteiger partial charge in [0.2, 0.25) is 29.5 Å². The number of amides is 5. The average Bonchev–Trinajstić information content (AvgIpc) is 3.04. The van der Waals surface area contributed by atoms with Crippen molar-refractivity contribution in [1.82, 2.24) is 37.2 Å². The number of nitrogens with one attached hydrogen (secondary N) is 7. The highest BCUT2D eigenvalue weighted by Crippen LogP contribution is 2.17. The minimum atomic E-state index is -1.04. The molecule has 0 aromatic heterocycles. The maximum Gasteiger partial charge on any atom is 0.243 e. The predicted octanol–water partition coefficient (Wildman–Crippen LogP) is 0.0507. The topological polar surface area (TPSA) is 196 Å². The summed E-state index contributed by atoms with van der Waals surface area (Å²) in [6.07, 6.45) is 2.81. The van der Waals surface area contributed by atoms with Crippen molar-refractivity contribution in [2.75, 3.05) is 26.7 Å². The van der Waals surface area contributed by atoms with Gasteiger partial charge in [-0.3, -0.25) is 24.0 Å². The molecular weight excluding hydrogens is 588 g/mol. The van der Waals surface area contributed by atoms with E-state index in [1.807, 2.05) is 49.5 Å². The van der Waals surface area contributed by atoms with Crippen LogP contribution in [-0.4, -0.2) is 80.4 Å². The first-order chi connectivity index (χ1) is 22.1. The Bertz CT molecular complexity index is 1380. The van der Waals surface area contributed by atoms with Crippen molar-refractivity contribution in [3.8, 4) is 0 Å². The van der Waals surface area contributed by atoms with E-state index in [0.717, 1.165) is 29.3 Å². The first-order valence-corrected chi connectivity index (χ1v) is 15.9. The summed E-state index contributed by atoms with van der Waals surface area (Å²) in [6, 6.07) is 9.71. The molecule has 0 saturated carbocycles. The number of hydrogen-bond acceptors (Lipinski definition) is 8. The Hall–Kier alpha value is -4.65. The third-order valence-corrected chi connectivity index (χ3v) is 7.83. The van der Waals surface area contributed by atoms with Gasteiger partial charge in [-0.1, -0.05) is 56.0 Å². The number of unbranched alkanes of at least 4 members (excludes halogenated alkanes) is 1. The van der Waals surface area contributed by atoms with Gasteiger partial charge in [-0.15, -0.1) is 0 Å². The SMILES string of the molecule is C=C(N)NCCC[C@@H]1NC(=O)[C@H](CCCCNC)NC(=O)[C@@H](Cc2ccc3ccccc3c2)NC(=O)[C@H](CC)NC(=O)CNC1=O. The number of fused-ring (bicyclic) bond motifs is 1. The minimum absolute atomic E-state index is 0.156. The molecule has 1 heterocycles. The van der Waals surface area contributed by atoms with Crippen molar-refractivity contribution in [1.29, 1.82) is 0 Å². The van der Waals surface area contributed by atoms with Crippen LogP contribution in [0.3, 0.4) is 0 Å². The highest BCUT2D eigenvalue weighted by molar-refractivity contribution is 5.97. The Morgan fingerprint density at radius 2 is 1.41 bits per heavy atom. The third kappa shape index (κ3) is 11.4. The Labute approximate surface area is 270 Å². The summed E-state index contributed by atoms with van der Waals surface area (Å²) in [7, 11) is 1.83. The van der Waals surface area contributed by atoms with E-state index in [1.54, 1.807) is 6.92 Å². The molecule has 5 amide bonds. The lowest BCUT2D eigenvalue weighted by molar-refractivity contribution is -0.134. The van der Waals surface area contributed by atoms with Crippen LogP contribution in [0.15, 0.2) is 54.9 Å². The van der Waals surface area contributed by atoms with E-state index >= 15 is 0 Å². The zero-order chi connectivity index (χ0) is 33.5. The van der Waals surface area contributed by atoms with Gasteiger partial charge in [0.15, 0.2) is 0 Å². The summed E-state index contributed by atoms with van der Waals surface area (Å²) in [5.41, 5.74) is 6.39. The van der Waals surface area contributed by atoms with Crippen molar-refractivity contribution < 1.29 is 24.0 Å². The Morgan fingerprint density at radius 3 is 2.11 bits per heavy atom. The number of hydrogen-bond donors (Lipinski definition) is 8. The Kier molecular flexibility index (Phi) is 14.3. The fraction of sp³-hybridized carbons (Fsp3) is 0.485. The number of carbonyl (C=O) groups excluding carboxylic acids is 5. The molecular formula is C33H48N8O5. The first kappa shape index (κ1) is 35.8. The van der Waals surface area contributed by atoms with Crippen molar-refractivity contribution in [2.45, 2.75) is 76.0 Å². The molecule has 2 aromatic carbocycles. The lowest BCUT2D eigenvalue weighted by atomic mass is 10.00. The quantitative estimate of drug-likeness (QED) is 0.141. The van der Waals surface area contributed by atoms with Gasteiger partial charge >= 0.3 is 0 Å². The number of rotatable bonds is 13. The normalized spacial score (nSPS) is 21.6. The molecule has 13 heteroatoms. The van der Waals surface area contributed by atoms with Crippen LogP contribution in [0.25, 0.3) is 10.8 Å². The molecule has 0 unspecified atom stereocenters. The van der Waals surface area contributed by atoms with Crippen molar-refractivity contribution in [3.05, 3.63) is 60.4 Å². The summed E-state index contributed by atoms with van der Waals surface area (Å²) >= 11 is 0. The molecule has 1 aliphatic heterocycles. The van der Waals surface area contributed by atoms with Crippen LogP contribution in [0.4, 0.5) is 0 Å². The average molecular weight is 637 g/mol. The lowest BCUT2D eigenvalue weighted by Crippen LogP contribution is -2.58. The molecule has 4 atom stereocenters. The van der Waals surface area contributed by atoms with Crippen molar-refractivity contribution >= 4 is 40.3 Å². The second kappa shape index (κ2) is 18.4. The van der Waals surface area contributed by atoms with E-state index in [1.165, 1.54) is 0 Å². The summed E-state index contributed by atoms with van der Waals surface area (Å²) in [5.74, 6) is -2.47. The molecule has 0 aliphatic carbocycles. The molecule has 250 valence electrons. The van der Waals surface area contributed by atoms with E-state index in [-0.39, 0.29) is 25.1 Å². The summed E-state index contributed by atoms with van der Waals surface area (Å²) in [6.45, 7) is 6.08. The maximum absolute atomic E-state index is 13.9. The molecule has 1 fully saturated rings. The van der Waals surface area contributed by atoms with E-state index in [0.29, 0.717) is 25.8 Å². The van der Waals surface area contributed by atoms with Crippen LogP contribution in [-0.2, 0) is 30.4 Å². The van der Waals surface area contributed by atoms with Gasteiger partial charge in [0.25, 0.3) is 0 Å². The smallest absolute Gasteiger partial charge is 0.243 e. The molecule has 1 aliphatic rings. The van der Waals surface area contributed by atoms with Crippen LogP contribution in [0.1, 0.15) is 51.0 Å². The fourth-order valence-electron chi connectivity index (χ4n) is 5.26. The van der Waals surface area contributed by atoms with E-state index in [9.17, 15) is 24.0 Å². The second-order valence-electron chi connectivity index (χ2n) is 11.5. The van der Waals surface area contributed by atoms with Gasteiger partial charge in [-0.05, 0) is 68.5 Å². The van der Waals surface area contributed by atoms with Crippen molar-refractivity contribution in [2.24, 2.45) is 5.73 Å². The third-order valence-electron chi connectivity index (χ3n) is 7.83. The Morgan fingerprint density at radius 1 is 0.783 bits per heavy atom. The molecule has 0 spiro atoms. The monoisotopic (exact) mass is 636 g/mol. The molecule has 46 heavy (non-hydrogen) atoms. The number of nitrogens with two attached hydrogens (primary N) is 1. The van der Waals surface area contributed by atoms with Gasteiger partial charge in [-0.2, -0.15) is 0 Å². The summed E-state index contributed by atoms with van der Waals surface area (Å²) in [5, 5.41) is 21.6. The highest BCUT2D eigenvalue weighted by atomic mass is 16.2. The maximum atomic E-state index is 13.9. The first-order valence-electron chi connectivity index (χ1n) is 15.9. The van der Waals surface area contributed by atoms with Gasteiger partial charge < -0.3 is 43.0 Å². The predicted molar refractivity (Wildman–Crippen MR) is 177 cm³/mol. The van der Waals surface area contributed by atoms with Gasteiger partial charge in [-0.25, -0.2) is 0 Å². The van der Waals surface area contributed by atoms with Gasteiger partial charge in [0, 0.05) is 13.0 Å². The van der Waals surface area contributed by atoms with Crippen LogP contribution in [0.5, 0.6) is 0 Å². The highest BCUT2D eigenvalue weighted by Gasteiger charge is 2.32. The molecule has 9 N–H and O–H groups in total. The summed E-state index contributed by atoms with van der Waals surface area (Å²) < 4.78 is 0. The van der Waals surface area contributed by atoms with E-state index in [2.05, 4.69) is 43.8 Å². The second-order valence-corrected chi connectivity index (χ2v) is 11.5. The molecule has 3 rings (SSSR count). The largest absolute Gasteiger partial charge is 0.386 e. The molecule has 1 saturated heterocycles. The molecule has 0 radical (unpaired) electrons. The molecule has 0 bridgehead atoms. The van der Waals surface area contributed by atoms with Crippen LogP contribution in [0.2, 0.25) is 0 Å². The van der Waals surface area contributed by atoms with Crippen LogP contribution in [0, 0.1) is 0 Å².